The molecule has 0 aliphatic heterocycles. The summed E-state index contributed by atoms with van der Waals surface area (Å²) in [5.74, 6) is 0. The van der Waals surface area contributed by atoms with Crippen LogP contribution >= 0.6 is 11.6 Å². The third-order valence-corrected chi connectivity index (χ3v) is 8.99. The van der Waals surface area contributed by atoms with Gasteiger partial charge in [-0.3, -0.25) is 0 Å². The van der Waals surface area contributed by atoms with Crippen molar-refractivity contribution in [1.82, 2.24) is 9.21 Å². The van der Waals surface area contributed by atoms with Gasteiger partial charge in [-0.25, -0.2) is 8.42 Å². The first-order valence-electron chi connectivity index (χ1n) is 12.4. The van der Waals surface area contributed by atoms with Gasteiger partial charge in [0.2, 0.25) is 10.0 Å². The quantitative estimate of drug-likeness (QED) is 0.286. The number of benzene rings is 1. The van der Waals surface area contributed by atoms with Crippen LogP contribution < -0.4 is 0 Å². The van der Waals surface area contributed by atoms with E-state index in [0.29, 0.717) is 0 Å². The lowest BCUT2D eigenvalue weighted by Gasteiger charge is -2.34. The van der Waals surface area contributed by atoms with Crippen molar-refractivity contribution in [3.05, 3.63) is 29.3 Å². The summed E-state index contributed by atoms with van der Waals surface area (Å²) in [6.45, 7) is 5.47. The maximum absolute atomic E-state index is 12.9. The minimum absolute atomic E-state index is 0.00504. The molecule has 1 aromatic carbocycles. The van der Waals surface area contributed by atoms with Crippen LogP contribution in [0.15, 0.2) is 29.2 Å². The Kier molecular flexibility index (Phi) is 12.6. The standard InChI is InChI=1S/C25H43ClN2O3S/c1-4-5-10-19-27(2)20-11-6-7-12-21-31-23-17-15-22(16-18-23)28(3)32(29,30)25-14-9-8-13-24(25)26/h8-9,13-14,22-23H,4-7,10-12,15-21H2,1-3H3/t22-,23-. The highest BCUT2D eigenvalue weighted by Crippen LogP contribution is 2.30. The molecule has 0 saturated heterocycles. The van der Waals surface area contributed by atoms with Gasteiger partial charge >= 0.3 is 0 Å². The van der Waals surface area contributed by atoms with E-state index >= 15 is 0 Å². The average Bonchev–Trinajstić information content (AvgIpc) is 2.78. The van der Waals surface area contributed by atoms with E-state index in [1.54, 1.807) is 31.3 Å². The van der Waals surface area contributed by atoms with Crippen LogP contribution in [0, 0.1) is 0 Å². The highest BCUT2D eigenvalue weighted by molar-refractivity contribution is 7.89. The van der Waals surface area contributed by atoms with Gasteiger partial charge in [-0.05, 0) is 77.2 Å². The summed E-state index contributed by atoms with van der Waals surface area (Å²) in [4.78, 5) is 2.64. The molecular formula is C25H43ClN2O3S. The molecule has 0 heterocycles. The van der Waals surface area contributed by atoms with Crippen molar-refractivity contribution in [3.63, 3.8) is 0 Å². The number of nitrogens with zero attached hydrogens (tertiary/aromatic N) is 2. The van der Waals surface area contributed by atoms with Crippen molar-refractivity contribution >= 4 is 21.6 Å². The van der Waals surface area contributed by atoms with E-state index in [2.05, 4.69) is 18.9 Å². The fourth-order valence-electron chi connectivity index (χ4n) is 4.41. The summed E-state index contributed by atoms with van der Waals surface area (Å²) in [5.41, 5.74) is 0. The zero-order valence-electron chi connectivity index (χ0n) is 20.3. The number of unbranched alkanes of at least 4 members (excludes halogenated alkanes) is 5. The van der Waals surface area contributed by atoms with Crippen LogP contribution in [-0.4, -0.2) is 63.6 Å². The van der Waals surface area contributed by atoms with E-state index in [1.807, 2.05) is 0 Å². The SMILES string of the molecule is CCCCCN(C)CCCCCCO[C@H]1CC[C@H](N(C)S(=O)(=O)c2ccccc2Cl)CC1. The van der Waals surface area contributed by atoms with Crippen LogP contribution in [0.4, 0.5) is 0 Å². The predicted octanol–water partition coefficient (Wildman–Crippen LogP) is 5.97. The molecule has 1 aromatic rings. The first-order chi connectivity index (χ1) is 15.4. The fourth-order valence-corrected chi connectivity index (χ4v) is 6.32. The lowest BCUT2D eigenvalue weighted by Crippen LogP contribution is -2.40. The summed E-state index contributed by atoms with van der Waals surface area (Å²) < 4.78 is 33.5. The van der Waals surface area contributed by atoms with Crippen molar-refractivity contribution < 1.29 is 13.2 Å². The Morgan fingerprint density at radius 3 is 2.22 bits per heavy atom. The Hall–Kier alpha value is -0.660. The largest absolute Gasteiger partial charge is 0.378 e. The highest BCUT2D eigenvalue weighted by Gasteiger charge is 2.32. The molecule has 5 nitrogen and oxygen atoms in total. The molecule has 0 aromatic heterocycles. The van der Waals surface area contributed by atoms with Gasteiger partial charge in [0.25, 0.3) is 0 Å². The lowest BCUT2D eigenvalue weighted by atomic mass is 9.93. The Labute approximate surface area is 201 Å². The second-order valence-electron chi connectivity index (χ2n) is 9.18. The molecule has 32 heavy (non-hydrogen) atoms. The second kappa shape index (κ2) is 14.6. The number of halogens is 1. The minimum Gasteiger partial charge on any atom is -0.378 e. The van der Waals surface area contributed by atoms with Gasteiger partial charge in [0.15, 0.2) is 0 Å². The molecule has 0 amide bonds. The molecular weight excluding hydrogens is 444 g/mol. The first-order valence-corrected chi connectivity index (χ1v) is 14.2. The zero-order valence-corrected chi connectivity index (χ0v) is 21.8. The van der Waals surface area contributed by atoms with Gasteiger partial charge < -0.3 is 9.64 Å². The van der Waals surface area contributed by atoms with E-state index < -0.39 is 10.0 Å². The minimum atomic E-state index is -3.57. The topological polar surface area (TPSA) is 49.9 Å². The van der Waals surface area contributed by atoms with E-state index in [1.165, 1.54) is 55.9 Å². The average molecular weight is 487 g/mol. The van der Waals surface area contributed by atoms with E-state index in [0.717, 1.165) is 38.7 Å². The molecule has 0 unspecified atom stereocenters. The van der Waals surface area contributed by atoms with E-state index in [9.17, 15) is 8.42 Å². The molecule has 1 fully saturated rings. The molecule has 1 aliphatic rings. The third-order valence-electron chi connectivity index (χ3n) is 6.58. The summed E-state index contributed by atoms with van der Waals surface area (Å²) in [7, 11) is 0.328. The maximum atomic E-state index is 12.9. The number of hydrogen-bond donors (Lipinski definition) is 0. The van der Waals surface area contributed by atoms with Crippen LogP contribution in [0.2, 0.25) is 5.02 Å². The third kappa shape index (κ3) is 8.94. The van der Waals surface area contributed by atoms with Crippen molar-refractivity contribution in [2.75, 3.05) is 33.8 Å². The summed E-state index contributed by atoms with van der Waals surface area (Å²) in [6, 6.07) is 6.66. The molecule has 184 valence electrons. The Morgan fingerprint density at radius 1 is 0.938 bits per heavy atom. The van der Waals surface area contributed by atoms with Gasteiger partial charge in [-0.1, -0.05) is 56.3 Å². The van der Waals surface area contributed by atoms with E-state index in [4.69, 9.17) is 16.3 Å². The van der Waals surface area contributed by atoms with Crippen molar-refractivity contribution in [2.45, 2.75) is 94.6 Å². The van der Waals surface area contributed by atoms with Crippen LogP contribution in [0.3, 0.4) is 0 Å². The molecule has 0 spiro atoms. The highest BCUT2D eigenvalue weighted by atomic mass is 35.5. The molecule has 0 atom stereocenters. The summed E-state index contributed by atoms with van der Waals surface area (Å²) in [6.07, 6.45) is 12.5. The van der Waals surface area contributed by atoms with Crippen molar-refractivity contribution in [3.8, 4) is 0 Å². The number of rotatable bonds is 15. The fraction of sp³-hybridized carbons (Fsp3) is 0.760. The Morgan fingerprint density at radius 2 is 1.56 bits per heavy atom. The van der Waals surface area contributed by atoms with Crippen LogP contribution in [0.1, 0.15) is 77.6 Å². The lowest BCUT2D eigenvalue weighted by molar-refractivity contribution is 0.0156. The molecule has 1 saturated carbocycles. The van der Waals surface area contributed by atoms with Gasteiger partial charge in [-0.2, -0.15) is 4.31 Å². The normalized spacial score (nSPS) is 19.7. The first kappa shape index (κ1) is 27.6. The second-order valence-corrected chi connectivity index (χ2v) is 11.6. The van der Waals surface area contributed by atoms with Crippen LogP contribution in [0.5, 0.6) is 0 Å². The van der Waals surface area contributed by atoms with Gasteiger partial charge in [0.05, 0.1) is 11.1 Å². The number of sulfonamides is 1. The Balaban J connectivity index is 1.59. The van der Waals surface area contributed by atoms with Crippen LogP contribution in [-0.2, 0) is 14.8 Å². The molecule has 2 rings (SSSR count). The zero-order chi connectivity index (χ0) is 23.4. The van der Waals surface area contributed by atoms with Crippen LogP contribution in [0.25, 0.3) is 0 Å². The molecule has 0 N–H and O–H groups in total. The molecule has 0 bridgehead atoms. The Bertz CT molecular complexity index is 751. The van der Waals surface area contributed by atoms with Gasteiger partial charge in [0, 0.05) is 19.7 Å². The molecule has 1 aliphatic carbocycles. The van der Waals surface area contributed by atoms with Gasteiger partial charge in [-0.15, -0.1) is 0 Å². The number of ether oxygens (including phenoxy) is 1. The van der Waals surface area contributed by atoms with Gasteiger partial charge in [0.1, 0.15) is 4.90 Å². The molecule has 7 heteroatoms. The predicted molar refractivity (Wildman–Crippen MR) is 134 cm³/mol. The van der Waals surface area contributed by atoms with E-state index in [-0.39, 0.29) is 22.1 Å². The smallest absolute Gasteiger partial charge is 0.244 e. The summed E-state index contributed by atoms with van der Waals surface area (Å²) >= 11 is 6.13. The number of hydrogen-bond acceptors (Lipinski definition) is 4. The molecule has 0 radical (unpaired) electrons. The van der Waals surface area contributed by atoms with Crippen molar-refractivity contribution in [1.29, 1.82) is 0 Å². The monoisotopic (exact) mass is 486 g/mol. The maximum Gasteiger partial charge on any atom is 0.244 e. The summed E-state index contributed by atoms with van der Waals surface area (Å²) in [5, 5.41) is 0.277. The van der Waals surface area contributed by atoms with Crippen molar-refractivity contribution in [2.24, 2.45) is 0 Å².